The molecule has 6 nitrogen and oxygen atoms in total. The van der Waals surface area contributed by atoms with Crippen LogP contribution in [0.1, 0.15) is 32.8 Å². The minimum Gasteiger partial charge on any atom is -0.480 e. The number of carboxylic acid groups (broad SMARTS) is 1. The SMILES string of the molecule is CC(=O)N[C@@H](Cc1ccccc1F)C(=O)N[C@@H](CC=C(C)C)C(=O)O. The number of nitrogens with one attached hydrogen (secondary N) is 2. The Hall–Kier alpha value is -2.70. The van der Waals surface area contributed by atoms with Crippen molar-refractivity contribution in [1.29, 1.82) is 0 Å². The zero-order valence-electron chi connectivity index (χ0n) is 14.5. The predicted molar refractivity (Wildman–Crippen MR) is 91.3 cm³/mol. The smallest absolute Gasteiger partial charge is 0.326 e. The Bertz CT molecular complexity index is 669. The first-order valence-corrected chi connectivity index (χ1v) is 7.87. The van der Waals surface area contributed by atoms with Crippen LogP contribution in [0.2, 0.25) is 0 Å². The van der Waals surface area contributed by atoms with E-state index < -0.39 is 35.7 Å². The molecule has 2 amide bonds. The maximum atomic E-state index is 13.8. The van der Waals surface area contributed by atoms with Gasteiger partial charge in [-0.15, -0.1) is 0 Å². The highest BCUT2D eigenvalue weighted by Crippen LogP contribution is 2.10. The summed E-state index contributed by atoms with van der Waals surface area (Å²) in [7, 11) is 0. The van der Waals surface area contributed by atoms with Gasteiger partial charge in [0.1, 0.15) is 17.9 Å². The zero-order valence-corrected chi connectivity index (χ0v) is 14.5. The number of carbonyl (C=O) groups is 3. The molecule has 25 heavy (non-hydrogen) atoms. The molecule has 0 saturated carbocycles. The Kier molecular flexibility index (Phi) is 7.78. The van der Waals surface area contributed by atoms with E-state index in [1.54, 1.807) is 12.1 Å². The Morgan fingerprint density at radius 3 is 2.28 bits per heavy atom. The van der Waals surface area contributed by atoms with Crippen molar-refractivity contribution in [2.24, 2.45) is 0 Å². The molecule has 0 aromatic heterocycles. The van der Waals surface area contributed by atoms with Crippen molar-refractivity contribution in [3.8, 4) is 0 Å². The Morgan fingerprint density at radius 1 is 1.12 bits per heavy atom. The molecule has 0 spiro atoms. The average Bonchev–Trinajstić information content (AvgIpc) is 2.51. The monoisotopic (exact) mass is 350 g/mol. The van der Waals surface area contributed by atoms with Crippen LogP contribution in [-0.2, 0) is 20.8 Å². The number of benzene rings is 1. The molecule has 0 unspecified atom stereocenters. The molecule has 1 rings (SSSR count). The quantitative estimate of drug-likeness (QED) is 0.623. The first-order valence-electron chi connectivity index (χ1n) is 7.87. The van der Waals surface area contributed by atoms with Crippen LogP contribution in [0.5, 0.6) is 0 Å². The van der Waals surface area contributed by atoms with Crippen molar-refractivity contribution in [3.05, 3.63) is 47.3 Å². The first kappa shape index (κ1) is 20.3. The van der Waals surface area contributed by atoms with Gasteiger partial charge in [0.05, 0.1) is 0 Å². The highest BCUT2D eigenvalue weighted by molar-refractivity contribution is 5.90. The molecule has 7 heteroatoms. The van der Waals surface area contributed by atoms with Crippen LogP contribution < -0.4 is 10.6 Å². The molecular formula is C18H23FN2O4. The Labute approximate surface area is 146 Å². The summed E-state index contributed by atoms with van der Waals surface area (Å²) in [6.45, 7) is 4.87. The molecule has 0 aliphatic heterocycles. The second-order valence-corrected chi connectivity index (χ2v) is 5.97. The Balaban J connectivity index is 2.91. The summed E-state index contributed by atoms with van der Waals surface area (Å²) < 4.78 is 13.8. The lowest BCUT2D eigenvalue weighted by atomic mass is 10.0. The van der Waals surface area contributed by atoms with E-state index in [4.69, 9.17) is 0 Å². The van der Waals surface area contributed by atoms with E-state index in [9.17, 15) is 23.9 Å². The number of carboxylic acids is 1. The number of aliphatic carboxylic acids is 1. The van der Waals surface area contributed by atoms with E-state index in [0.717, 1.165) is 5.57 Å². The molecule has 1 aromatic rings. The van der Waals surface area contributed by atoms with Crippen LogP contribution in [0.15, 0.2) is 35.9 Å². The lowest BCUT2D eigenvalue weighted by Crippen LogP contribution is -2.52. The van der Waals surface area contributed by atoms with Crippen LogP contribution >= 0.6 is 0 Å². The zero-order chi connectivity index (χ0) is 19.0. The van der Waals surface area contributed by atoms with Crippen LogP contribution in [0.4, 0.5) is 4.39 Å². The van der Waals surface area contributed by atoms with E-state index in [0.29, 0.717) is 0 Å². The van der Waals surface area contributed by atoms with Gasteiger partial charge in [-0.25, -0.2) is 9.18 Å². The van der Waals surface area contributed by atoms with Crippen molar-refractivity contribution in [2.75, 3.05) is 0 Å². The highest BCUT2D eigenvalue weighted by Gasteiger charge is 2.26. The summed E-state index contributed by atoms with van der Waals surface area (Å²) >= 11 is 0. The molecule has 0 saturated heterocycles. The van der Waals surface area contributed by atoms with Crippen LogP contribution in [-0.4, -0.2) is 35.0 Å². The van der Waals surface area contributed by atoms with Gasteiger partial charge in [-0.1, -0.05) is 29.8 Å². The third-order valence-electron chi connectivity index (χ3n) is 3.45. The number of rotatable bonds is 8. The maximum absolute atomic E-state index is 13.8. The van der Waals surface area contributed by atoms with Gasteiger partial charge in [0.2, 0.25) is 11.8 Å². The number of carbonyl (C=O) groups excluding carboxylic acids is 2. The summed E-state index contributed by atoms with van der Waals surface area (Å²) in [6, 6.07) is 3.71. The van der Waals surface area contributed by atoms with Gasteiger partial charge in [0.15, 0.2) is 0 Å². The fourth-order valence-corrected chi connectivity index (χ4v) is 2.19. The van der Waals surface area contributed by atoms with Gasteiger partial charge >= 0.3 is 5.97 Å². The number of amides is 2. The molecule has 2 atom stereocenters. The van der Waals surface area contributed by atoms with E-state index >= 15 is 0 Å². The second kappa shape index (κ2) is 9.56. The molecule has 0 bridgehead atoms. The van der Waals surface area contributed by atoms with Gasteiger partial charge in [-0.3, -0.25) is 9.59 Å². The van der Waals surface area contributed by atoms with Gasteiger partial charge in [-0.05, 0) is 31.9 Å². The van der Waals surface area contributed by atoms with E-state index in [1.165, 1.54) is 25.1 Å². The van der Waals surface area contributed by atoms with Crippen molar-refractivity contribution in [1.82, 2.24) is 10.6 Å². The third-order valence-corrected chi connectivity index (χ3v) is 3.45. The van der Waals surface area contributed by atoms with Crippen molar-refractivity contribution in [3.63, 3.8) is 0 Å². The molecule has 136 valence electrons. The Morgan fingerprint density at radius 2 is 1.76 bits per heavy atom. The minimum atomic E-state index is -1.18. The van der Waals surface area contributed by atoms with E-state index in [1.807, 2.05) is 13.8 Å². The van der Waals surface area contributed by atoms with Crippen LogP contribution in [0.25, 0.3) is 0 Å². The normalized spacial score (nSPS) is 12.6. The molecule has 0 fully saturated rings. The fourth-order valence-electron chi connectivity index (χ4n) is 2.19. The molecule has 0 aliphatic rings. The summed E-state index contributed by atoms with van der Waals surface area (Å²) in [5.74, 6) is -2.82. The van der Waals surface area contributed by atoms with Crippen molar-refractivity contribution >= 4 is 17.8 Å². The van der Waals surface area contributed by atoms with Gasteiger partial charge in [-0.2, -0.15) is 0 Å². The number of halogens is 1. The van der Waals surface area contributed by atoms with Gasteiger partial charge in [0.25, 0.3) is 0 Å². The summed E-state index contributed by atoms with van der Waals surface area (Å²) in [5.41, 5.74) is 1.18. The second-order valence-electron chi connectivity index (χ2n) is 5.97. The first-order chi connectivity index (χ1) is 11.7. The third kappa shape index (κ3) is 7.15. The minimum absolute atomic E-state index is 0.0763. The topological polar surface area (TPSA) is 95.5 Å². The number of hydrogen-bond acceptors (Lipinski definition) is 3. The molecular weight excluding hydrogens is 327 g/mol. The highest BCUT2D eigenvalue weighted by atomic mass is 19.1. The lowest BCUT2D eigenvalue weighted by Gasteiger charge is -2.21. The van der Waals surface area contributed by atoms with Crippen LogP contribution in [0.3, 0.4) is 0 Å². The number of allylic oxidation sites excluding steroid dienone is 1. The molecule has 1 aromatic carbocycles. The average molecular weight is 350 g/mol. The van der Waals surface area contributed by atoms with E-state index in [-0.39, 0.29) is 18.4 Å². The molecule has 0 radical (unpaired) electrons. The number of hydrogen-bond donors (Lipinski definition) is 3. The van der Waals surface area contributed by atoms with Gasteiger partial charge in [0, 0.05) is 13.3 Å². The maximum Gasteiger partial charge on any atom is 0.326 e. The van der Waals surface area contributed by atoms with Gasteiger partial charge < -0.3 is 15.7 Å². The summed E-state index contributed by atoms with van der Waals surface area (Å²) in [4.78, 5) is 35.1. The summed E-state index contributed by atoms with van der Waals surface area (Å²) in [5, 5.41) is 14.1. The molecule has 3 N–H and O–H groups in total. The van der Waals surface area contributed by atoms with E-state index in [2.05, 4.69) is 10.6 Å². The fraction of sp³-hybridized carbons (Fsp3) is 0.389. The summed E-state index contributed by atoms with van der Waals surface area (Å²) in [6.07, 6.45) is 1.74. The predicted octanol–water partition coefficient (Wildman–Crippen LogP) is 1.80. The van der Waals surface area contributed by atoms with Crippen molar-refractivity contribution < 1.29 is 23.9 Å². The molecule has 0 heterocycles. The largest absolute Gasteiger partial charge is 0.480 e. The molecule has 0 aliphatic carbocycles. The lowest BCUT2D eigenvalue weighted by molar-refractivity contribution is -0.142. The van der Waals surface area contributed by atoms with Crippen LogP contribution in [0, 0.1) is 5.82 Å². The van der Waals surface area contributed by atoms with Crippen molar-refractivity contribution in [2.45, 2.75) is 45.7 Å². The standard InChI is InChI=1S/C18H23FN2O4/c1-11(2)8-9-15(18(24)25)21-17(23)16(20-12(3)22)10-13-6-4-5-7-14(13)19/h4-8,15-16H,9-10H2,1-3H3,(H,20,22)(H,21,23)(H,24,25)/t15-,16-/m0/s1.